The molecule has 0 aromatic heterocycles. The monoisotopic (exact) mass is 392 g/mol. The predicted octanol–water partition coefficient (Wildman–Crippen LogP) is 4.25. The lowest BCUT2D eigenvalue weighted by atomic mass is 9.98. The fourth-order valence-corrected chi connectivity index (χ4v) is 3.06. The maximum absolute atomic E-state index is 13.6. The van der Waals surface area contributed by atoms with E-state index in [2.05, 4.69) is 34.5 Å². The van der Waals surface area contributed by atoms with Gasteiger partial charge in [-0.05, 0) is 48.5 Å². The summed E-state index contributed by atoms with van der Waals surface area (Å²) in [4.78, 5) is 14.3. The van der Waals surface area contributed by atoms with Crippen molar-refractivity contribution < 1.29 is 13.9 Å². The minimum Gasteiger partial charge on any atom is -0.481 e. The van der Waals surface area contributed by atoms with Gasteiger partial charge >= 0.3 is 0 Å². The number of hydrogen-bond acceptors (Lipinski definition) is 3. The summed E-state index contributed by atoms with van der Waals surface area (Å²) in [5.74, 6) is -0.714. The molecule has 5 heteroatoms. The van der Waals surface area contributed by atoms with Crippen LogP contribution in [0, 0.1) is 5.82 Å². The van der Waals surface area contributed by atoms with Gasteiger partial charge in [0, 0.05) is 13.1 Å². The van der Waals surface area contributed by atoms with Gasteiger partial charge < -0.3 is 15.0 Å². The molecule has 0 fully saturated rings. The fraction of sp³-hybridized carbons (Fsp3) is 0.208. The van der Waals surface area contributed by atoms with Gasteiger partial charge in [-0.1, -0.05) is 60.7 Å². The summed E-state index contributed by atoms with van der Waals surface area (Å²) in [5.41, 5.74) is 4.42. The van der Waals surface area contributed by atoms with Gasteiger partial charge in [-0.15, -0.1) is 0 Å². The molecule has 3 aromatic carbocycles. The summed E-state index contributed by atoms with van der Waals surface area (Å²) >= 11 is 0. The van der Waals surface area contributed by atoms with Crippen molar-refractivity contribution in [1.29, 1.82) is 0 Å². The Bertz CT molecular complexity index is 955. The van der Waals surface area contributed by atoms with Crippen LogP contribution in [0.1, 0.15) is 11.1 Å². The lowest BCUT2D eigenvalue weighted by Gasteiger charge is -2.13. The van der Waals surface area contributed by atoms with E-state index in [1.165, 1.54) is 17.7 Å². The van der Waals surface area contributed by atoms with Crippen molar-refractivity contribution in [3.8, 4) is 16.9 Å². The van der Waals surface area contributed by atoms with Crippen LogP contribution in [0.4, 0.5) is 4.39 Å². The normalized spacial score (nSPS) is 10.8. The first-order chi connectivity index (χ1) is 14.0. The van der Waals surface area contributed by atoms with Gasteiger partial charge in [0.1, 0.15) is 0 Å². The van der Waals surface area contributed by atoms with Crippen molar-refractivity contribution in [3.05, 3.63) is 89.7 Å². The summed E-state index contributed by atoms with van der Waals surface area (Å²) in [7, 11) is 4.09. The number of amides is 1. The zero-order valence-electron chi connectivity index (χ0n) is 16.7. The topological polar surface area (TPSA) is 41.6 Å². The third-order valence-electron chi connectivity index (χ3n) is 4.45. The molecule has 3 rings (SSSR count). The van der Waals surface area contributed by atoms with Gasteiger partial charge in [0.15, 0.2) is 18.2 Å². The van der Waals surface area contributed by atoms with E-state index in [0.29, 0.717) is 6.54 Å². The van der Waals surface area contributed by atoms with Crippen LogP contribution in [0.15, 0.2) is 72.8 Å². The van der Waals surface area contributed by atoms with Crippen LogP contribution in [0.5, 0.6) is 5.75 Å². The summed E-state index contributed by atoms with van der Waals surface area (Å²) in [5, 5.41) is 2.84. The highest BCUT2D eigenvalue weighted by atomic mass is 19.1. The smallest absolute Gasteiger partial charge is 0.258 e. The molecule has 4 nitrogen and oxygen atoms in total. The maximum Gasteiger partial charge on any atom is 0.258 e. The van der Waals surface area contributed by atoms with E-state index in [-0.39, 0.29) is 18.3 Å². The first-order valence-corrected chi connectivity index (χ1v) is 9.49. The molecule has 0 aliphatic carbocycles. The van der Waals surface area contributed by atoms with Crippen LogP contribution in [0.3, 0.4) is 0 Å². The standard InChI is InChI=1S/C24H25FN2O2/c1-27(2)16-18-11-13-19(14-12-18)21-8-4-3-7-20(21)15-26-24(28)17-29-23-10-6-5-9-22(23)25/h3-14H,15-17H2,1-2H3,(H,26,28). The van der Waals surface area contributed by atoms with Crippen LogP contribution in [0.2, 0.25) is 0 Å². The second-order valence-corrected chi connectivity index (χ2v) is 7.09. The highest BCUT2D eigenvalue weighted by Gasteiger charge is 2.09. The molecule has 0 aliphatic rings. The molecule has 1 N–H and O–H groups in total. The Morgan fingerprint density at radius 2 is 1.66 bits per heavy atom. The van der Waals surface area contributed by atoms with Crippen LogP contribution in [0.25, 0.3) is 11.1 Å². The third kappa shape index (κ3) is 5.90. The number of ether oxygens (including phenoxy) is 1. The van der Waals surface area contributed by atoms with E-state index in [4.69, 9.17) is 4.74 Å². The number of rotatable bonds is 8. The number of halogens is 1. The van der Waals surface area contributed by atoms with Gasteiger partial charge in [-0.25, -0.2) is 4.39 Å². The maximum atomic E-state index is 13.6. The van der Waals surface area contributed by atoms with Crippen molar-refractivity contribution in [2.45, 2.75) is 13.1 Å². The van der Waals surface area contributed by atoms with Gasteiger partial charge in [-0.2, -0.15) is 0 Å². The number of carbonyl (C=O) groups excluding carboxylic acids is 1. The van der Waals surface area contributed by atoms with Crippen molar-refractivity contribution >= 4 is 5.91 Å². The quantitative estimate of drug-likeness (QED) is 0.623. The first kappa shape index (κ1) is 20.6. The van der Waals surface area contributed by atoms with Gasteiger partial charge in [0.2, 0.25) is 0 Å². The Morgan fingerprint density at radius 3 is 2.38 bits per heavy atom. The van der Waals surface area contributed by atoms with Crippen molar-refractivity contribution in [2.75, 3.05) is 20.7 Å². The lowest BCUT2D eigenvalue weighted by Crippen LogP contribution is -2.28. The molecular weight excluding hydrogens is 367 g/mol. The Hall–Kier alpha value is -3.18. The number of para-hydroxylation sites is 1. The van der Waals surface area contributed by atoms with Crippen LogP contribution >= 0.6 is 0 Å². The molecule has 0 spiro atoms. The van der Waals surface area contributed by atoms with Crippen molar-refractivity contribution in [1.82, 2.24) is 10.2 Å². The van der Waals surface area contributed by atoms with Gasteiger partial charge in [0.05, 0.1) is 0 Å². The Kier molecular flexibility index (Phi) is 6.98. The highest BCUT2D eigenvalue weighted by Crippen LogP contribution is 2.24. The molecule has 0 saturated heterocycles. The minimum absolute atomic E-state index is 0.0702. The summed E-state index contributed by atoms with van der Waals surface area (Å²) in [6, 6.07) is 22.4. The van der Waals surface area contributed by atoms with Crippen LogP contribution < -0.4 is 10.1 Å². The SMILES string of the molecule is CN(C)Cc1ccc(-c2ccccc2CNC(=O)COc2ccccc2F)cc1. The van der Waals surface area contributed by atoms with Gasteiger partial charge in [0.25, 0.3) is 5.91 Å². The summed E-state index contributed by atoms with van der Waals surface area (Å²) < 4.78 is 18.8. The number of nitrogens with zero attached hydrogens (tertiary/aromatic N) is 1. The minimum atomic E-state index is -0.483. The van der Waals surface area contributed by atoms with Crippen LogP contribution in [-0.2, 0) is 17.9 Å². The molecule has 3 aromatic rings. The zero-order valence-corrected chi connectivity index (χ0v) is 16.7. The predicted molar refractivity (Wildman–Crippen MR) is 113 cm³/mol. The molecule has 0 atom stereocenters. The average Bonchev–Trinajstić information content (AvgIpc) is 2.72. The van der Waals surface area contributed by atoms with E-state index < -0.39 is 5.82 Å². The van der Waals surface area contributed by atoms with Gasteiger partial charge in [-0.3, -0.25) is 4.79 Å². The van der Waals surface area contributed by atoms with Crippen molar-refractivity contribution in [2.24, 2.45) is 0 Å². The van der Waals surface area contributed by atoms with E-state index >= 15 is 0 Å². The molecule has 0 bridgehead atoms. The summed E-state index contributed by atoms with van der Waals surface area (Å²) in [6.45, 7) is 1.03. The first-order valence-electron chi connectivity index (χ1n) is 9.49. The highest BCUT2D eigenvalue weighted by molar-refractivity contribution is 5.78. The molecule has 0 radical (unpaired) electrons. The van der Waals surface area contributed by atoms with E-state index in [1.54, 1.807) is 12.1 Å². The van der Waals surface area contributed by atoms with E-state index in [1.807, 2.05) is 38.4 Å². The molecule has 150 valence electrons. The number of nitrogens with one attached hydrogen (secondary N) is 1. The number of hydrogen-bond donors (Lipinski definition) is 1. The van der Waals surface area contributed by atoms with Crippen LogP contribution in [-0.4, -0.2) is 31.5 Å². The second-order valence-electron chi connectivity index (χ2n) is 7.09. The Balaban J connectivity index is 1.62. The Labute approximate surface area is 170 Å². The second kappa shape index (κ2) is 9.85. The third-order valence-corrected chi connectivity index (χ3v) is 4.45. The van der Waals surface area contributed by atoms with E-state index in [9.17, 15) is 9.18 Å². The zero-order chi connectivity index (χ0) is 20.6. The lowest BCUT2D eigenvalue weighted by molar-refractivity contribution is -0.123. The summed E-state index contributed by atoms with van der Waals surface area (Å²) in [6.07, 6.45) is 0. The molecule has 0 unspecified atom stereocenters. The number of carbonyl (C=O) groups is 1. The molecule has 29 heavy (non-hydrogen) atoms. The molecular formula is C24H25FN2O2. The van der Waals surface area contributed by atoms with E-state index in [0.717, 1.165) is 23.2 Å². The Morgan fingerprint density at radius 1 is 0.966 bits per heavy atom. The molecule has 0 heterocycles. The number of benzene rings is 3. The molecule has 0 saturated carbocycles. The molecule has 1 amide bonds. The average molecular weight is 392 g/mol. The molecule has 0 aliphatic heterocycles. The largest absolute Gasteiger partial charge is 0.481 e. The fourth-order valence-electron chi connectivity index (χ4n) is 3.06. The van der Waals surface area contributed by atoms with Crippen molar-refractivity contribution in [3.63, 3.8) is 0 Å².